The zero-order valence-corrected chi connectivity index (χ0v) is 15.9. The number of rotatable bonds is 5. The van der Waals surface area contributed by atoms with E-state index >= 15 is 0 Å². The Kier molecular flexibility index (Phi) is 5.44. The fourth-order valence-electron chi connectivity index (χ4n) is 2.79. The summed E-state index contributed by atoms with van der Waals surface area (Å²) in [5.41, 5.74) is 1.40. The van der Waals surface area contributed by atoms with E-state index in [0.29, 0.717) is 16.5 Å². The molecule has 0 fully saturated rings. The lowest BCUT2D eigenvalue weighted by molar-refractivity contribution is -0.148. The average Bonchev–Trinajstić information content (AvgIpc) is 2.63. The SMILES string of the molecule is CCOC(=O)C1(Cc2cccc(OC)c2)Sc2ccc(Cl)cc2NC1=O. The van der Waals surface area contributed by atoms with Crippen molar-refractivity contribution in [2.75, 3.05) is 19.0 Å². The molecule has 7 heteroatoms. The second-order valence-corrected chi connectivity index (χ2v) is 7.55. The van der Waals surface area contributed by atoms with Gasteiger partial charge in [0.1, 0.15) is 5.75 Å². The Morgan fingerprint density at radius 3 is 2.81 bits per heavy atom. The molecular weight excluding hydrogens is 374 g/mol. The summed E-state index contributed by atoms with van der Waals surface area (Å²) in [4.78, 5) is 26.5. The summed E-state index contributed by atoms with van der Waals surface area (Å²) in [6.07, 6.45) is 0.182. The number of hydrogen-bond acceptors (Lipinski definition) is 5. The number of methoxy groups -OCH3 is 1. The van der Waals surface area contributed by atoms with Gasteiger partial charge in [-0.1, -0.05) is 35.5 Å². The van der Waals surface area contributed by atoms with Gasteiger partial charge in [0.25, 0.3) is 5.91 Å². The number of fused-ring (bicyclic) bond motifs is 1. The maximum Gasteiger partial charge on any atom is 0.332 e. The number of benzene rings is 2. The first kappa shape index (κ1) is 18.6. The van der Waals surface area contributed by atoms with Crippen LogP contribution in [0.25, 0.3) is 0 Å². The first-order valence-electron chi connectivity index (χ1n) is 8.08. The number of hydrogen-bond donors (Lipinski definition) is 1. The molecule has 136 valence electrons. The van der Waals surface area contributed by atoms with Crippen molar-refractivity contribution in [3.05, 3.63) is 53.1 Å². The monoisotopic (exact) mass is 391 g/mol. The van der Waals surface area contributed by atoms with Crippen molar-refractivity contribution in [1.82, 2.24) is 0 Å². The number of amides is 1. The van der Waals surface area contributed by atoms with Gasteiger partial charge in [-0.2, -0.15) is 0 Å². The molecule has 1 aliphatic rings. The molecule has 1 atom stereocenters. The van der Waals surface area contributed by atoms with Crippen LogP contribution < -0.4 is 10.1 Å². The molecule has 0 bridgehead atoms. The predicted octanol–water partition coefficient (Wildman–Crippen LogP) is 3.94. The molecule has 2 aromatic carbocycles. The van der Waals surface area contributed by atoms with E-state index in [4.69, 9.17) is 21.1 Å². The van der Waals surface area contributed by atoms with Crippen LogP contribution in [0.15, 0.2) is 47.4 Å². The molecule has 2 aromatic rings. The van der Waals surface area contributed by atoms with Gasteiger partial charge in [0, 0.05) is 16.3 Å². The van der Waals surface area contributed by atoms with Crippen molar-refractivity contribution < 1.29 is 19.1 Å². The number of carbonyl (C=O) groups is 2. The van der Waals surface area contributed by atoms with Crippen LogP contribution in [0.3, 0.4) is 0 Å². The van der Waals surface area contributed by atoms with E-state index in [1.54, 1.807) is 32.2 Å². The number of esters is 1. The second-order valence-electron chi connectivity index (χ2n) is 5.77. The summed E-state index contributed by atoms with van der Waals surface area (Å²) in [5.74, 6) is -0.320. The molecule has 0 saturated carbocycles. The van der Waals surface area contributed by atoms with Crippen LogP contribution in [0.5, 0.6) is 5.75 Å². The minimum absolute atomic E-state index is 0.182. The summed E-state index contributed by atoms with van der Waals surface area (Å²) >= 11 is 7.20. The molecule has 0 saturated heterocycles. The van der Waals surface area contributed by atoms with E-state index in [1.165, 1.54) is 11.8 Å². The molecule has 0 radical (unpaired) electrons. The normalized spacial score (nSPS) is 18.7. The van der Waals surface area contributed by atoms with Crippen molar-refractivity contribution in [3.8, 4) is 5.75 Å². The molecule has 26 heavy (non-hydrogen) atoms. The van der Waals surface area contributed by atoms with Crippen LogP contribution in [-0.4, -0.2) is 30.3 Å². The predicted molar refractivity (Wildman–Crippen MR) is 102 cm³/mol. The topological polar surface area (TPSA) is 64.6 Å². The Morgan fingerprint density at radius 2 is 2.08 bits per heavy atom. The Balaban J connectivity index is 2.03. The van der Waals surface area contributed by atoms with Gasteiger partial charge in [0.15, 0.2) is 0 Å². The van der Waals surface area contributed by atoms with Crippen LogP contribution in [0.2, 0.25) is 5.02 Å². The summed E-state index contributed by atoms with van der Waals surface area (Å²) in [7, 11) is 1.57. The molecular formula is C19H18ClNO4S. The van der Waals surface area contributed by atoms with Crippen LogP contribution in [0, 0.1) is 0 Å². The first-order chi connectivity index (χ1) is 12.5. The van der Waals surface area contributed by atoms with Crippen LogP contribution in [0.1, 0.15) is 12.5 Å². The number of ether oxygens (including phenoxy) is 2. The minimum atomic E-state index is -1.41. The lowest BCUT2D eigenvalue weighted by Gasteiger charge is -2.34. The molecule has 1 unspecified atom stereocenters. The van der Waals surface area contributed by atoms with E-state index in [2.05, 4.69) is 5.32 Å². The quantitative estimate of drug-likeness (QED) is 0.617. The van der Waals surface area contributed by atoms with E-state index in [9.17, 15) is 9.59 Å². The second kappa shape index (κ2) is 7.60. The minimum Gasteiger partial charge on any atom is -0.497 e. The summed E-state index contributed by atoms with van der Waals surface area (Å²) in [6, 6.07) is 12.5. The number of thioether (sulfide) groups is 1. The summed E-state index contributed by atoms with van der Waals surface area (Å²) in [5, 5.41) is 3.32. The highest BCUT2D eigenvalue weighted by Crippen LogP contribution is 2.46. The van der Waals surface area contributed by atoms with Gasteiger partial charge in [-0.05, 0) is 42.8 Å². The molecule has 5 nitrogen and oxygen atoms in total. The largest absolute Gasteiger partial charge is 0.497 e. The zero-order chi connectivity index (χ0) is 18.7. The van der Waals surface area contributed by atoms with E-state index in [0.717, 1.165) is 10.5 Å². The van der Waals surface area contributed by atoms with Gasteiger partial charge in [-0.3, -0.25) is 4.79 Å². The van der Waals surface area contributed by atoms with Crippen molar-refractivity contribution in [2.45, 2.75) is 23.0 Å². The van der Waals surface area contributed by atoms with Gasteiger partial charge in [0.05, 0.1) is 19.4 Å². The van der Waals surface area contributed by atoms with Crippen molar-refractivity contribution in [3.63, 3.8) is 0 Å². The van der Waals surface area contributed by atoms with Gasteiger partial charge >= 0.3 is 5.97 Å². The lowest BCUT2D eigenvalue weighted by atomic mass is 9.96. The number of nitrogens with one attached hydrogen (secondary N) is 1. The number of anilines is 1. The van der Waals surface area contributed by atoms with E-state index in [-0.39, 0.29) is 13.0 Å². The molecule has 1 N–H and O–H groups in total. The molecule has 0 aromatic heterocycles. The standard InChI is InChI=1S/C19H18ClNO4S/c1-3-25-18(23)19(11-12-5-4-6-14(9-12)24-2)17(22)21-15-10-13(20)7-8-16(15)26-19/h4-10H,3,11H2,1-2H3,(H,21,22). The third-order valence-electron chi connectivity index (χ3n) is 4.03. The molecule has 1 heterocycles. The summed E-state index contributed by atoms with van der Waals surface area (Å²) < 4.78 is 9.07. The zero-order valence-electron chi connectivity index (χ0n) is 14.4. The molecule has 1 aliphatic heterocycles. The van der Waals surface area contributed by atoms with Gasteiger partial charge in [-0.15, -0.1) is 0 Å². The van der Waals surface area contributed by atoms with E-state index < -0.39 is 16.6 Å². The fourth-order valence-corrected chi connectivity index (χ4v) is 4.22. The number of halogens is 1. The Morgan fingerprint density at radius 1 is 1.27 bits per heavy atom. The smallest absolute Gasteiger partial charge is 0.332 e. The summed E-state index contributed by atoms with van der Waals surface area (Å²) in [6.45, 7) is 1.91. The average molecular weight is 392 g/mol. The maximum atomic E-state index is 13.0. The fraction of sp³-hybridized carbons (Fsp3) is 0.263. The maximum absolute atomic E-state index is 13.0. The molecule has 0 aliphatic carbocycles. The van der Waals surface area contributed by atoms with Crippen LogP contribution in [0.4, 0.5) is 5.69 Å². The van der Waals surface area contributed by atoms with Gasteiger partial charge < -0.3 is 14.8 Å². The molecule has 3 rings (SSSR count). The highest BCUT2D eigenvalue weighted by Gasteiger charge is 2.51. The molecule has 1 amide bonds. The van der Waals surface area contributed by atoms with E-state index in [1.807, 2.05) is 24.3 Å². The highest BCUT2D eigenvalue weighted by molar-refractivity contribution is 8.02. The number of carbonyl (C=O) groups excluding carboxylic acids is 2. The Labute approximate surface area is 161 Å². The Bertz CT molecular complexity index is 857. The lowest BCUT2D eigenvalue weighted by Crippen LogP contribution is -2.51. The Hall–Kier alpha value is -2.18. The van der Waals surface area contributed by atoms with Crippen LogP contribution in [-0.2, 0) is 20.7 Å². The third kappa shape index (κ3) is 3.52. The highest BCUT2D eigenvalue weighted by atomic mass is 35.5. The first-order valence-corrected chi connectivity index (χ1v) is 9.28. The van der Waals surface area contributed by atoms with Crippen LogP contribution >= 0.6 is 23.4 Å². The van der Waals surface area contributed by atoms with Gasteiger partial charge in [-0.25, -0.2) is 4.79 Å². The molecule has 0 spiro atoms. The third-order valence-corrected chi connectivity index (χ3v) is 5.69. The van der Waals surface area contributed by atoms with Gasteiger partial charge in [0.2, 0.25) is 4.75 Å². The van der Waals surface area contributed by atoms with Crippen molar-refractivity contribution >= 4 is 40.9 Å². The van der Waals surface area contributed by atoms with Crippen molar-refractivity contribution in [1.29, 1.82) is 0 Å². The van der Waals surface area contributed by atoms with Crippen molar-refractivity contribution in [2.24, 2.45) is 0 Å².